The van der Waals surface area contributed by atoms with Crippen molar-refractivity contribution >= 4 is 37.9 Å². The zero-order chi connectivity index (χ0) is 15.6. The molecule has 1 saturated heterocycles. The quantitative estimate of drug-likeness (QED) is 0.813. The predicted molar refractivity (Wildman–Crippen MR) is 89.2 cm³/mol. The van der Waals surface area contributed by atoms with Gasteiger partial charge in [-0.25, -0.2) is 13.4 Å². The first kappa shape index (κ1) is 17.0. The van der Waals surface area contributed by atoms with Gasteiger partial charge in [0, 0.05) is 33.4 Å². The van der Waals surface area contributed by atoms with E-state index in [0.29, 0.717) is 5.15 Å². The Morgan fingerprint density at radius 2 is 2.19 bits per heavy atom. The first-order chi connectivity index (χ1) is 9.74. The van der Waals surface area contributed by atoms with E-state index in [1.54, 1.807) is 11.3 Å². The van der Waals surface area contributed by atoms with Crippen molar-refractivity contribution in [3.63, 3.8) is 0 Å². The maximum atomic E-state index is 11.4. The highest BCUT2D eigenvalue weighted by Crippen LogP contribution is 2.30. The molecule has 1 aromatic rings. The highest BCUT2D eigenvalue weighted by atomic mass is 35.5. The molecule has 1 fully saturated rings. The van der Waals surface area contributed by atoms with E-state index in [9.17, 15) is 8.42 Å². The molecular formula is C13H22ClN3O2S2. The molecule has 1 aliphatic heterocycles. The van der Waals surface area contributed by atoms with Crippen LogP contribution in [-0.4, -0.2) is 57.5 Å². The van der Waals surface area contributed by atoms with Crippen LogP contribution < -0.4 is 4.90 Å². The average Bonchev–Trinajstić information content (AvgIpc) is 2.69. The molecule has 21 heavy (non-hydrogen) atoms. The number of aromatic nitrogens is 1. The summed E-state index contributed by atoms with van der Waals surface area (Å²) >= 11 is 7.80. The monoisotopic (exact) mass is 351 g/mol. The van der Waals surface area contributed by atoms with Crippen LogP contribution in [-0.2, 0) is 16.4 Å². The lowest BCUT2D eigenvalue weighted by Gasteiger charge is -2.31. The Kier molecular flexibility index (Phi) is 5.51. The largest absolute Gasteiger partial charge is 0.354 e. The fraction of sp³-hybridized carbons (Fsp3) is 0.769. The molecule has 120 valence electrons. The van der Waals surface area contributed by atoms with Crippen LogP contribution in [0.3, 0.4) is 0 Å². The molecule has 2 heterocycles. The Morgan fingerprint density at radius 3 is 2.76 bits per heavy atom. The lowest BCUT2D eigenvalue weighted by molar-refractivity contribution is 0.179. The van der Waals surface area contributed by atoms with Crippen molar-refractivity contribution in [1.29, 1.82) is 0 Å². The molecule has 1 aliphatic rings. The summed E-state index contributed by atoms with van der Waals surface area (Å²) in [5, 5.41) is 1.47. The molecule has 5 nitrogen and oxygen atoms in total. The Labute approximate surface area is 135 Å². The Morgan fingerprint density at radius 1 is 1.48 bits per heavy atom. The molecule has 0 aliphatic carbocycles. The third-order valence-electron chi connectivity index (χ3n) is 3.53. The van der Waals surface area contributed by atoms with E-state index in [2.05, 4.69) is 9.88 Å². The Bertz CT molecular complexity index is 586. The van der Waals surface area contributed by atoms with E-state index in [1.165, 1.54) is 6.26 Å². The standard InChI is InChI=1S/C13H22ClN3O2S2/c1-16(2)13-15-12(14)11(20-13)8-17-6-4-5-10(7-17)9-21(3,18)19/h10H,4-9H2,1-3H3. The number of hydrogen-bond donors (Lipinski definition) is 0. The number of thiazole rings is 1. The molecule has 0 saturated carbocycles. The number of nitrogens with zero attached hydrogens (tertiary/aromatic N) is 3. The highest BCUT2D eigenvalue weighted by Gasteiger charge is 2.24. The van der Waals surface area contributed by atoms with Gasteiger partial charge in [0.2, 0.25) is 0 Å². The average molecular weight is 352 g/mol. The van der Waals surface area contributed by atoms with Gasteiger partial charge in [-0.3, -0.25) is 4.90 Å². The van der Waals surface area contributed by atoms with Crippen LogP contribution in [0, 0.1) is 5.92 Å². The van der Waals surface area contributed by atoms with Gasteiger partial charge in [-0.1, -0.05) is 22.9 Å². The third-order valence-corrected chi connectivity index (χ3v) is 6.24. The predicted octanol–water partition coefficient (Wildman–Crippen LogP) is 2.12. The van der Waals surface area contributed by atoms with Crippen molar-refractivity contribution in [3.05, 3.63) is 10.0 Å². The first-order valence-electron chi connectivity index (χ1n) is 6.97. The number of hydrogen-bond acceptors (Lipinski definition) is 6. The Balaban J connectivity index is 1.99. The summed E-state index contributed by atoms with van der Waals surface area (Å²) < 4.78 is 22.9. The van der Waals surface area contributed by atoms with Crippen molar-refractivity contribution in [1.82, 2.24) is 9.88 Å². The van der Waals surface area contributed by atoms with Crippen molar-refractivity contribution in [2.75, 3.05) is 44.1 Å². The summed E-state index contributed by atoms with van der Waals surface area (Å²) in [5.74, 6) is 0.511. The summed E-state index contributed by atoms with van der Waals surface area (Å²) in [6, 6.07) is 0. The van der Waals surface area contributed by atoms with Crippen LogP contribution in [0.2, 0.25) is 5.15 Å². The highest BCUT2D eigenvalue weighted by molar-refractivity contribution is 7.90. The minimum Gasteiger partial charge on any atom is -0.354 e. The molecular weight excluding hydrogens is 330 g/mol. The lowest BCUT2D eigenvalue weighted by atomic mass is 10.0. The number of anilines is 1. The summed E-state index contributed by atoms with van der Waals surface area (Å²) in [7, 11) is 0.988. The second kappa shape index (κ2) is 6.81. The number of piperidine rings is 1. The molecule has 1 aromatic heterocycles. The van der Waals surface area contributed by atoms with E-state index < -0.39 is 9.84 Å². The van der Waals surface area contributed by atoms with Gasteiger partial charge >= 0.3 is 0 Å². The van der Waals surface area contributed by atoms with Crippen molar-refractivity contribution in [2.24, 2.45) is 5.92 Å². The molecule has 0 amide bonds. The van der Waals surface area contributed by atoms with Crippen LogP contribution in [0.4, 0.5) is 5.13 Å². The lowest BCUT2D eigenvalue weighted by Crippen LogP contribution is -2.37. The maximum absolute atomic E-state index is 11.4. The second-order valence-electron chi connectivity index (χ2n) is 5.94. The number of likely N-dealkylation sites (tertiary alicyclic amines) is 1. The summed E-state index contributed by atoms with van der Waals surface area (Å²) in [4.78, 5) is 9.63. The molecule has 2 rings (SSSR count). The van der Waals surface area contributed by atoms with Crippen molar-refractivity contribution < 1.29 is 8.42 Å². The fourth-order valence-electron chi connectivity index (χ4n) is 2.67. The molecule has 0 aromatic carbocycles. The Hall–Kier alpha value is -0.370. The van der Waals surface area contributed by atoms with Gasteiger partial charge < -0.3 is 4.90 Å². The minimum atomic E-state index is -2.90. The zero-order valence-corrected chi connectivity index (χ0v) is 15.1. The molecule has 1 atom stereocenters. The van der Waals surface area contributed by atoms with Gasteiger partial charge in [-0.15, -0.1) is 0 Å². The van der Waals surface area contributed by atoms with Gasteiger partial charge in [-0.05, 0) is 25.3 Å². The minimum absolute atomic E-state index is 0.230. The van der Waals surface area contributed by atoms with Crippen LogP contribution in [0.25, 0.3) is 0 Å². The normalized spacial score (nSPS) is 20.7. The summed E-state index contributed by atoms with van der Waals surface area (Å²) in [6.07, 6.45) is 3.34. The van der Waals surface area contributed by atoms with Crippen LogP contribution in [0.1, 0.15) is 17.7 Å². The van der Waals surface area contributed by atoms with Crippen molar-refractivity contribution in [2.45, 2.75) is 19.4 Å². The van der Waals surface area contributed by atoms with Gasteiger partial charge in [0.1, 0.15) is 15.0 Å². The first-order valence-corrected chi connectivity index (χ1v) is 10.2. The molecule has 0 bridgehead atoms. The topological polar surface area (TPSA) is 53.5 Å². The van der Waals surface area contributed by atoms with Crippen LogP contribution in [0.15, 0.2) is 0 Å². The van der Waals surface area contributed by atoms with Crippen LogP contribution >= 0.6 is 22.9 Å². The van der Waals surface area contributed by atoms with Gasteiger partial charge in [0.15, 0.2) is 5.13 Å². The SMILES string of the molecule is CN(C)c1nc(Cl)c(CN2CCCC(CS(C)(=O)=O)C2)s1. The number of rotatable bonds is 5. The van der Waals surface area contributed by atoms with Crippen LogP contribution in [0.5, 0.6) is 0 Å². The number of sulfone groups is 1. The van der Waals surface area contributed by atoms with Gasteiger partial charge in [-0.2, -0.15) is 0 Å². The smallest absolute Gasteiger partial charge is 0.186 e. The van der Waals surface area contributed by atoms with E-state index in [-0.39, 0.29) is 11.7 Å². The summed E-state index contributed by atoms with van der Waals surface area (Å²) in [6.45, 7) is 2.56. The zero-order valence-electron chi connectivity index (χ0n) is 12.7. The second-order valence-corrected chi connectivity index (χ2v) is 9.55. The summed E-state index contributed by atoms with van der Waals surface area (Å²) in [5.41, 5.74) is 0. The third kappa shape index (κ3) is 5.09. The molecule has 0 radical (unpaired) electrons. The molecule has 0 N–H and O–H groups in total. The van der Waals surface area contributed by atoms with Crippen molar-refractivity contribution in [3.8, 4) is 0 Å². The van der Waals surface area contributed by atoms with Gasteiger partial charge in [0.05, 0.1) is 10.6 Å². The maximum Gasteiger partial charge on any atom is 0.186 e. The number of halogens is 1. The van der Waals surface area contributed by atoms with E-state index in [1.807, 2.05) is 19.0 Å². The molecule has 8 heteroatoms. The van der Waals surface area contributed by atoms with E-state index in [4.69, 9.17) is 11.6 Å². The van der Waals surface area contributed by atoms with Gasteiger partial charge in [0.25, 0.3) is 0 Å². The molecule has 1 unspecified atom stereocenters. The molecule has 0 spiro atoms. The fourth-order valence-corrected chi connectivity index (χ4v) is 5.02. The van der Waals surface area contributed by atoms with E-state index >= 15 is 0 Å². The van der Waals surface area contributed by atoms with E-state index in [0.717, 1.165) is 42.5 Å².